The maximum atomic E-state index is 14.4. The number of halogens is 1. The van der Waals surface area contributed by atoms with Crippen molar-refractivity contribution in [2.45, 2.75) is 52.6 Å². The predicted molar refractivity (Wildman–Crippen MR) is 83.7 cm³/mol. The summed E-state index contributed by atoms with van der Waals surface area (Å²) in [6, 6.07) is 6.27. The van der Waals surface area contributed by atoms with Gasteiger partial charge < -0.3 is 10.2 Å². The van der Waals surface area contributed by atoms with Crippen LogP contribution >= 0.6 is 0 Å². The molecule has 2 rings (SSSR count). The fourth-order valence-corrected chi connectivity index (χ4v) is 3.05. The van der Waals surface area contributed by atoms with Gasteiger partial charge in [-0.2, -0.15) is 0 Å². The van der Waals surface area contributed by atoms with Crippen molar-refractivity contribution in [3.05, 3.63) is 29.6 Å². The summed E-state index contributed by atoms with van der Waals surface area (Å²) in [5.41, 5.74) is 1.78. The molecule has 1 fully saturated rings. The zero-order valence-corrected chi connectivity index (χ0v) is 13.1. The van der Waals surface area contributed by atoms with Crippen LogP contribution in [0.3, 0.4) is 0 Å². The molecule has 0 amide bonds. The van der Waals surface area contributed by atoms with E-state index in [1.54, 1.807) is 6.07 Å². The van der Waals surface area contributed by atoms with E-state index in [1.807, 2.05) is 6.07 Å². The number of benzene rings is 1. The number of rotatable bonds is 4. The van der Waals surface area contributed by atoms with Crippen LogP contribution in [0.25, 0.3) is 0 Å². The molecule has 0 aliphatic carbocycles. The van der Waals surface area contributed by atoms with Crippen molar-refractivity contribution in [2.24, 2.45) is 5.92 Å². The monoisotopic (exact) mass is 278 g/mol. The van der Waals surface area contributed by atoms with Gasteiger partial charge >= 0.3 is 0 Å². The van der Waals surface area contributed by atoms with Crippen LogP contribution < -0.4 is 10.2 Å². The minimum atomic E-state index is -0.0889. The standard InChI is InChI=1S/C17H27FN2/c1-12(2)19-14(4)15-7-8-17(16(18)10-15)20-9-5-6-13(3)11-20/h7-8,10,12-14,19H,5-6,9,11H2,1-4H3/t13-,14+/m0/s1. The lowest BCUT2D eigenvalue weighted by atomic mass is 9.99. The summed E-state index contributed by atoms with van der Waals surface area (Å²) in [6.07, 6.45) is 2.42. The first-order chi connectivity index (χ1) is 9.47. The molecule has 1 aliphatic heterocycles. The normalized spacial score (nSPS) is 21.3. The van der Waals surface area contributed by atoms with Crippen LogP contribution in [0.15, 0.2) is 18.2 Å². The zero-order valence-electron chi connectivity index (χ0n) is 13.1. The van der Waals surface area contributed by atoms with Crippen molar-refractivity contribution in [3.63, 3.8) is 0 Å². The molecule has 1 aliphatic rings. The lowest BCUT2D eigenvalue weighted by Gasteiger charge is -2.33. The van der Waals surface area contributed by atoms with Crippen molar-refractivity contribution in [1.29, 1.82) is 0 Å². The third kappa shape index (κ3) is 3.72. The van der Waals surface area contributed by atoms with Crippen molar-refractivity contribution in [1.82, 2.24) is 5.32 Å². The molecule has 3 heteroatoms. The van der Waals surface area contributed by atoms with Gasteiger partial charge in [-0.3, -0.25) is 0 Å². The van der Waals surface area contributed by atoms with Gasteiger partial charge in [0.25, 0.3) is 0 Å². The lowest BCUT2D eigenvalue weighted by Crippen LogP contribution is -2.34. The summed E-state index contributed by atoms with van der Waals surface area (Å²) in [7, 11) is 0. The highest BCUT2D eigenvalue weighted by molar-refractivity contribution is 5.50. The molecular formula is C17H27FN2. The molecule has 0 spiro atoms. The summed E-state index contributed by atoms with van der Waals surface area (Å²) in [5, 5.41) is 3.41. The average molecular weight is 278 g/mol. The first-order valence-corrected chi connectivity index (χ1v) is 7.78. The number of hydrogen-bond acceptors (Lipinski definition) is 2. The summed E-state index contributed by atoms with van der Waals surface area (Å²) < 4.78 is 14.4. The minimum Gasteiger partial charge on any atom is -0.369 e. The SMILES string of the molecule is CC(C)N[C@H](C)c1ccc(N2CCC[C@H](C)C2)c(F)c1. The van der Waals surface area contributed by atoms with E-state index in [0.717, 1.165) is 30.8 Å². The molecule has 0 bridgehead atoms. The summed E-state index contributed by atoms with van der Waals surface area (Å²) in [4.78, 5) is 2.19. The molecule has 0 radical (unpaired) electrons. The quantitative estimate of drug-likeness (QED) is 0.891. The van der Waals surface area contributed by atoms with Crippen LogP contribution in [0.2, 0.25) is 0 Å². The van der Waals surface area contributed by atoms with Crippen LogP contribution in [0, 0.1) is 11.7 Å². The van der Waals surface area contributed by atoms with E-state index in [9.17, 15) is 4.39 Å². The predicted octanol–water partition coefficient (Wildman–Crippen LogP) is 4.12. The van der Waals surface area contributed by atoms with Crippen LogP contribution in [-0.4, -0.2) is 19.1 Å². The molecule has 1 heterocycles. The first-order valence-electron chi connectivity index (χ1n) is 7.78. The van der Waals surface area contributed by atoms with Gasteiger partial charge in [0, 0.05) is 25.2 Å². The fraction of sp³-hybridized carbons (Fsp3) is 0.647. The van der Waals surface area contributed by atoms with Gasteiger partial charge in [0.05, 0.1) is 5.69 Å². The largest absolute Gasteiger partial charge is 0.369 e. The molecule has 20 heavy (non-hydrogen) atoms. The second kappa shape index (κ2) is 6.57. The van der Waals surface area contributed by atoms with E-state index in [1.165, 1.54) is 6.42 Å². The van der Waals surface area contributed by atoms with E-state index in [4.69, 9.17) is 0 Å². The van der Waals surface area contributed by atoms with E-state index < -0.39 is 0 Å². The Hall–Kier alpha value is -1.09. The number of nitrogens with zero attached hydrogens (tertiary/aromatic N) is 1. The van der Waals surface area contributed by atoms with Crippen LogP contribution in [0.4, 0.5) is 10.1 Å². The Balaban J connectivity index is 2.13. The third-order valence-corrected chi connectivity index (χ3v) is 4.05. The second-order valence-electron chi connectivity index (χ2n) is 6.45. The smallest absolute Gasteiger partial charge is 0.146 e. The highest BCUT2D eigenvalue weighted by Gasteiger charge is 2.20. The van der Waals surface area contributed by atoms with Gasteiger partial charge in [0.2, 0.25) is 0 Å². The van der Waals surface area contributed by atoms with Gasteiger partial charge in [0.1, 0.15) is 5.82 Å². The highest BCUT2D eigenvalue weighted by Crippen LogP contribution is 2.27. The Bertz CT molecular complexity index is 445. The van der Waals surface area contributed by atoms with Gasteiger partial charge in [-0.15, -0.1) is 0 Å². The van der Waals surface area contributed by atoms with Gasteiger partial charge in [-0.05, 0) is 43.4 Å². The Morgan fingerprint density at radius 3 is 2.65 bits per heavy atom. The number of hydrogen-bond donors (Lipinski definition) is 1. The third-order valence-electron chi connectivity index (χ3n) is 4.05. The highest BCUT2D eigenvalue weighted by atomic mass is 19.1. The van der Waals surface area contributed by atoms with Crippen molar-refractivity contribution in [2.75, 3.05) is 18.0 Å². The van der Waals surface area contributed by atoms with Crippen molar-refractivity contribution < 1.29 is 4.39 Å². The summed E-state index contributed by atoms with van der Waals surface area (Å²) >= 11 is 0. The topological polar surface area (TPSA) is 15.3 Å². The summed E-state index contributed by atoms with van der Waals surface area (Å²) in [6.45, 7) is 10.5. The minimum absolute atomic E-state index is 0.0889. The molecule has 1 N–H and O–H groups in total. The molecule has 1 aromatic carbocycles. The first kappa shape index (κ1) is 15.3. The van der Waals surface area contributed by atoms with Gasteiger partial charge in [-0.25, -0.2) is 4.39 Å². The maximum Gasteiger partial charge on any atom is 0.146 e. The molecular weight excluding hydrogens is 251 g/mol. The number of nitrogens with one attached hydrogen (secondary N) is 1. The van der Waals surface area contributed by atoms with E-state index in [-0.39, 0.29) is 11.9 Å². The fourth-order valence-electron chi connectivity index (χ4n) is 3.05. The van der Waals surface area contributed by atoms with Crippen molar-refractivity contribution in [3.8, 4) is 0 Å². The summed E-state index contributed by atoms with van der Waals surface area (Å²) in [5.74, 6) is 0.568. The van der Waals surface area contributed by atoms with Crippen LogP contribution in [0.1, 0.15) is 52.1 Å². The molecule has 2 nitrogen and oxygen atoms in total. The Morgan fingerprint density at radius 2 is 2.05 bits per heavy atom. The van der Waals surface area contributed by atoms with Gasteiger partial charge in [-0.1, -0.05) is 26.8 Å². The molecule has 1 aromatic rings. The van der Waals surface area contributed by atoms with Crippen LogP contribution in [-0.2, 0) is 0 Å². The molecule has 0 aromatic heterocycles. The van der Waals surface area contributed by atoms with Crippen LogP contribution in [0.5, 0.6) is 0 Å². The second-order valence-corrected chi connectivity index (χ2v) is 6.45. The van der Waals surface area contributed by atoms with E-state index in [0.29, 0.717) is 12.0 Å². The Labute approximate surface area is 122 Å². The molecule has 0 saturated carbocycles. The number of anilines is 1. The van der Waals surface area contributed by atoms with E-state index >= 15 is 0 Å². The molecule has 0 unspecified atom stereocenters. The molecule has 112 valence electrons. The van der Waals surface area contributed by atoms with Gasteiger partial charge in [0.15, 0.2) is 0 Å². The molecule has 1 saturated heterocycles. The zero-order chi connectivity index (χ0) is 14.7. The van der Waals surface area contributed by atoms with Crippen molar-refractivity contribution >= 4 is 5.69 Å². The molecule has 2 atom stereocenters. The lowest BCUT2D eigenvalue weighted by molar-refractivity contribution is 0.441. The average Bonchev–Trinajstić information content (AvgIpc) is 2.37. The number of piperidine rings is 1. The maximum absolute atomic E-state index is 14.4. The van der Waals surface area contributed by atoms with E-state index in [2.05, 4.69) is 44.0 Å². The Kier molecular flexibility index (Phi) is 5.03. The Morgan fingerprint density at radius 1 is 1.30 bits per heavy atom.